The average Bonchev–Trinajstić information content (AvgIpc) is 2.44. The van der Waals surface area contributed by atoms with Gasteiger partial charge in [-0.3, -0.25) is 4.79 Å². The molecule has 0 unspecified atom stereocenters. The van der Waals surface area contributed by atoms with E-state index in [9.17, 15) is 22.8 Å². The zero-order valence-corrected chi connectivity index (χ0v) is 11.6. The molecule has 0 heterocycles. The normalized spacial score (nSPS) is 12.5. The number of amides is 1. The van der Waals surface area contributed by atoms with Gasteiger partial charge in [-0.25, -0.2) is 4.79 Å². The van der Waals surface area contributed by atoms with Gasteiger partial charge in [0.15, 0.2) is 0 Å². The van der Waals surface area contributed by atoms with Crippen molar-refractivity contribution < 1.29 is 32.6 Å². The number of alkyl halides is 3. The first-order valence-electron chi connectivity index (χ1n) is 6.52. The Morgan fingerprint density at radius 1 is 1.23 bits per heavy atom. The van der Waals surface area contributed by atoms with E-state index in [1.807, 2.05) is 0 Å². The van der Waals surface area contributed by atoms with Crippen LogP contribution < -0.4 is 5.32 Å². The minimum Gasteiger partial charge on any atom is -0.481 e. The Morgan fingerprint density at radius 3 is 2.41 bits per heavy atom. The zero-order valence-electron chi connectivity index (χ0n) is 11.6. The molecule has 0 radical (unpaired) electrons. The maximum absolute atomic E-state index is 12.6. The SMILES string of the molecule is O=C(O)C[C@H](CCNC(=O)OCc1ccccc1)C(F)(F)F. The first-order chi connectivity index (χ1) is 10.3. The Hall–Kier alpha value is -2.25. The van der Waals surface area contributed by atoms with Crippen molar-refractivity contribution in [2.45, 2.75) is 25.6 Å². The summed E-state index contributed by atoms with van der Waals surface area (Å²) in [4.78, 5) is 21.7. The standard InChI is InChI=1S/C14H16F3NO4/c15-14(16,17)11(8-12(19)20)6-7-18-13(21)22-9-10-4-2-1-3-5-10/h1-5,11H,6-9H2,(H,18,21)(H,19,20)/t11-/m0/s1. The van der Waals surface area contributed by atoms with E-state index in [-0.39, 0.29) is 13.2 Å². The highest BCUT2D eigenvalue weighted by atomic mass is 19.4. The third-order valence-corrected chi connectivity index (χ3v) is 2.86. The minimum atomic E-state index is -4.62. The fraction of sp³-hybridized carbons (Fsp3) is 0.429. The fourth-order valence-electron chi connectivity index (χ4n) is 1.71. The molecule has 0 saturated carbocycles. The molecule has 0 aliphatic carbocycles. The van der Waals surface area contributed by atoms with Crippen molar-refractivity contribution in [3.63, 3.8) is 0 Å². The number of halogens is 3. The number of rotatable bonds is 7. The first kappa shape index (κ1) is 17.8. The van der Waals surface area contributed by atoms with E-state index in [4.69, 9.17) is 9.84 Å². The van der Waals surface area contributed by atoms with Gasteiger partial charge in [0.05, 0.1) is 12.3 Å². The van der Waals surface area contributed by atoms with E-state index in [0.717, 1.165) is 5.56 Å². The summed E-state index contributed by atoms with van der Waals surface area (Å²) >= 11 is 0. The van der Waals surface area contributed by atoms with Gasteiger partial charge in [-0.1, -0.05) is 30.3 Å². The molecule has 1 rings (SSSR count). The van der Waals surface area contributed by atoms with Crippen LogP contribution in [-0.2, 0) is 16.1 Å². The van der Waals surface area contributed by atoms with Crippen LogP contribution in [0, 0.1) is 5.92 Å². The second-order valence-corrected chi connectivity index (χ2v) is 4.61. The first-order valence-corrected chi connectivity index (χ1v) is 6.52. The number of hydrogen-bond donors (Lipinski definition) is 2. The maximum Gasteiger partial charge on any atom is 0.407 e. The van der Waals surface area contributed by atoms with Crippen molar-refractivity contribution in [3.8, 4) is 0 Å². The van der Waals surface area contributed by atoms with Crippen LogP contribution in [-0.4, -0.2) is 29.9 Å². The second kappa shape index (κ2) is 8.26. The van der Waals surface area contributed by atoms with E-state index in [1.165, 1.54) is 0 Å². The molecule has 2 N–H and O–H groups in total. The van der Waals surface area contributed by atoms with Crippen LogP contribution in [0.25, 0.3) is 0 Å². The highest BCUT2D eigenvalue weighted by Gasteiger charge is 2.40. The van der Waals surface area contributed by atoms with Gasteiger partial charge in [0.25, 0.3) is 0 Å². The largest absolute Gasteiger partial charge is 0.481 e. The topological polar surface area (TPSA) is 75.6 Å². The molecule has 1 atom stereocenters. The summed E-state index contributed by atoms with van der Waals surface area (Å²) in [6, 6.07) is 8.79. The van der Waals surface area contributed by atoms with Crippen molar-refractivity contribution in [1.82, 2.24) is 5.32 Å². The molecule has 5 nitrogen and oxygen atoms in total. The van der Waals surface area contributed by atoms with Crippen molar-refractivity contribution >= 4 is 12.1 Å². The Kier molecular flexibility index (Phi) is 6.68. The second-order valence-electron chi connectivity index (χ2n) is 4.61. The lowest BCUT2D eigenvalue weighted by Crippen LogP contribution is -2.32. The average molecular weight is 319 g/mol. The van der Waals surface area contributed by atoms with Crippen LogP contribution in [0.3, 0.4) is 0 Å². The summed E-state index contributed by atoms with van der Waals surface area (Å²) in [7, 11) is 0. The highest BCUT2D eigenvalue weighted by Crippen LogP contribution is 2.31. The molecular weight excluding hydrogens is 303 g/mol. The zero-order chi connectivity index (χ0) is 16.6. The van der Waals surface area contributed by atoms with Crippen molar-refractivity contribution in [3.05, 3.63) is 35.9 Å². The molecule has 8 heteroatoms. The van der Waals surface area contributed by atoms with E-state index in [0.29, 0.717) is 0 Å². The van der Waals surface area contributed by atoms with Gasteiger partial charge in [0, 0.05) is 6.54 Å². The van der Waals surface area contributed by atoms with Crippen LogP contribution in [0.5, 0.6) is 0 Å². The summed E-state index contributed by atoms with van der Waals surface area (Å²) in [6.07, 6.45) is -7.01. The van der Waals surface area contributed by atoms with Gasteiger partial charge in [-0.15, -0.1) is 0 Å². The smallest absolute Gasteiger partial charge is 0.407 e. The van der Waals surface area contributed by atoms with Crippen molar-refractivity contribution in [2.75, 3.05) is 6.54 Å². The lowest BCUT2D eigenvalue weighted by Gasteiger charge is -2.18. The molecule has 0 bridgehead atoms. The summed E-state index contributed by atoms with van der Waals surface area (Å²) in [6.45, 7) is -0.310. The molecule has 0 saturated heterocycles. The number of carbonyl (C=O) groups is 2. The lowest BCUT2D eigenvalue weighted by atomic mass is 10.0. The summed E-state index contributed by atoms with van der Waals surface area (Å²) < 4.78 is 42.5. The molecule has 1 aromatic rings. The Balaban J connectivity index is 2.32. The quantitative estimate of drug-likeness (QED) is 0.810. The number of carboxylic acids is 1. The molecule has 1 aromatic carbocycles. The molecule has 0 aliphatic heterocycles. The molecule has 122 valence electrons. The molecule has 0 spiro atoms. The number of hydrogen-bond acceptors (Lipinski definition) is 3. The number of carbonyl (C=O) groups excluding carboxylic acids is 1. The van der Waals surface area contributed by atoms with E-state index < -0.39 is 37.0 Å². The van der Waals surface area contributed by atoms with Crippen LogP contribution in [0.2, 0.25) is 0 Å². The molecular formula is C14H16F3NO4. The monoisotopic (exact) mass is 319 g/mol. The Bertz CT molecular complexity index is 491. The predicted octanol–water partition coefficient (Wildman–Crippen LogP) is 2.96. The number of benzene rings is 1. The third-order valence-electron chi connectivity index (χ3n) is 2.86. The Labute approximate surface area is 125 Å². The number of nitrogens with one attached hydrogen (secondary N) is 1. The van der Waals surface area contributed by atoms with Crippen LogP contribution in [0.1, 0.15) is 18.4 Å². The van der Waals surface area contributed by atoms with Crippen molar-refractivity contribution in [1.29, 1.82) is 0 Å². The number of aliphatic carboxylic acids is 1. The number of ether oxygens (including phenoxy) is 1. The van der Waals surface area contributed by atoms with Crippen LogP contribution >= 0.6 is 0 Å². The highest BCUT2D eigenvalue weighted by molar-refractivity contribution is 5.67. The molecule has 0 fully saturated rings. The predicted molar refractivity (Wildman–Crippen MR) is 71.0 cm³/mol. The maximum atomic E-state index is 12.6. The summed E-state index contributed by atoms with van der Waals surface area (Å²) in [5.74, 6) is -3.53. The summed E-state index contributed by atoms with van der Waals surface area (Å²) in [5.41, 5.74) is 0.747. The van der Waals surface area contributed by atoms with Crippen LogP contribution in [0.15, 0.2) is 30.3 Å². The molecule has 1 amide bonds. The van der Waals surface area contributed by atoms with E-state index >= 15 is 0 Å². The minimum absolute atomic E-state index is 0.00446. The summed E-state index contributed by atoms with van der Waals surface area (Å²) in [5, 5.41) is 10.6. The third kappa shape index (κ3) is 6.96. The molecule has 0 aliphatic rings. The number of carboxylic acid groups (broad SMARTS) is 1. The van der Waals surface area contributed by atoms with Gasteiger partial charge in [-0.2, -0.15) is 13.2 Å². The molecule has 22 heavy (non-hydrogen) atoms. The Morgan fingerprint density at radius 2 is 1.86 bits per heavy atom. The van der Waals surface area contributed by atoms with Gasteiger partial charge in [0.2, 0.25) is 0 Å². The van der Waals surface area contributed by atoms with Crippen LogP contribution in [0.4, 0.5) is 18.0 Å². The lowest BCUT2D eigenvalue weighted by molar-refractivity contribution is -0.184. The van der Waals surface area contributed by atoms with E-state index in [2.05, 4.69) is 5.32 Å². The van der Waals surface area contributed by atoms with Gasteiger partial charge >= 0.3 is 18.2 Å². The molecule has 0 aromatic heterocycles. The van der Waals surface area contributed by atoms with Crippen molar-refractivity contribution in [2.24, 2.45) is 5.92 Å². The van der Waals surface area contributed by atoms with Gasteiger partial charge in [0.1, 0.15) is 6.61 Å². The number of alkyl carbamates (subject to hydrolysis) is 1. The fourth-order valence-corrected chi connectivity index (χ4v) is 1.71. The van der Waals surface area contributed by atoms with Gasteiger partial charge < -0.3 is 15.2 Å². The van der Waals surface area contributed by atoms with E-state index in [1.54, 1.807) is 30.3 Å². The van der Waals surface area contributed by atoms with Gasteiger partial charge in [-0.05, 0) is 12.0 Å².